The Labute approximate surface area is 233 Å². The fourth-order valence-corrected chi connectivity index (χ4v) is 6.24. The fourth-order valence-electron chi connectivity index (χ4n) is 4.78. The van der Waals surface area contributed by atoms with Gasteiger partial charge in [-0.25, -0.2) is 13.4 Å². The fraction of sp³-hybridized carbons (Fsp3) is 0.241. The summed E-state index contributed by atoms with van der Waals surface area (Å²) < 4.78 is 39.4. The third kappa shape index (κ3) is 5.46. The summed E-state index contributed by atoms with van der Waals surface area (Å²) in [6.45, 7) is 2.42. The molecule has 1 aromatic heterocycles. The second-order valence-electron chi connectivity index (χ2n) is 9.23. The number of rotatable bonds is 9. The number of benzene rings is 3. The number of anilines is 2. The predicted molar refractivity (Wildman–Crippen MR) is 153 cm³/mol. The lowest BCUT2D eigenvalue weighted by Crippen LogP contribution is -2.49. The van der Waals surface area contributed by atoms with E-state index in [1.165, 1.54) is 24.9 Å². The van der Waals surface area contributed by atoms with Gasteiger partial charge < -0.3 is 24.3 Å². The number of imidazole rings is 1. The third-order valence-electron chi connectivity index (χ3n) is 6.91. The lowest BCUT2D eigenvalue weighted by Gasteiger charge is -2.36. The zero-order valence-electron chi connectivity index (χ0n) is 22.4. The lowest BCUT2D eigenvalue weighted by atomic mass is 10.1. The molecule has 5 rings (SSSR count). The average Bonchev–Trinajstić information content (AvgIpc) is 3.53. The van der Waals surface area contributed by atoms with E-state index in [1.807, 2.05) is 24.3 Å². The van der Waals surface area contributed by atoms with Gasteiger partial charge in [0.15, 0.2) is 0 Å². The largest absolute Gasteiger partial charge is 0.496 e. The second-order valence-corrected chi connectivity index (χ2v) is 11.1. The molecule has 3 aromatic carbocycles. The maximum atomic E-state index is 13.6. The molecule has 1 N–H and O–H groups in total. The van der Waals surface area contributed by atoms with Crippen LogP contribution in [-0.4, -0.2) is 69.6 Å². The van der Waals surface area contributed by atoms with E-state index in [9.17, 15) is 13.2 Å². The van der Waals surface area contributed by atoms with Gasteiger partial charge >= 0.3 is 0 Å². The highest BCUT2D eigenvalue weighted by Gasteiger charge is 2.28. The summed E-state index contributed by atoms with van der Waals surface area (Å²) in [6.07, 6.45) is 3.14. The summed E-state index contributed by atoms with van der Waals surface area (Å²) in [4.78, 5) is 24.5. The topological polar surface area (TPSA) is 108 Å². The molecule has 0 spiro atoms. The van der Waals surface area contributed by atoms with Crippen molar-refractivity contribution in [2.45, 2.75) is 11.4 Å². The van der Waals surface area contributed by atoms with Crippen LogP contribution in [0.4, 0.5) is 11.4 Å². The van der Waals surface area contributed by atoms with Crippen LogP contribution in [0.15, 0.2) is 90.2 Å². The van der Waals surface area contributed by atoms with Crippen LogP contribution in [-0.2, 0) is 16.6 Å². The van der Waals surface area contributed by atoms with Crippen LogP contribution in [0.1, 0.15) is 16.1 Å². The van der Waals surface area contributed by atoms with Gasteiger partial charge in [-0.3, -0.25) is 9.10 Å². The van der Waals surface area contributed by atoms with Gasteiger partial charge in [0.1, 0.15) is 17.1 Å². The molecule has 0 bridgehead atoms. The molecule has 4 aromatic rings. The third-order valence-corrected chi connectivity index (χ3v) is 8.70. The van der Waals surface area contributed by atoms with E-state index in [0.717, 1.165) is 5.69 Å². The van der Waals surface area contributed by atoms with Crippen LogP contribution in [0.2, 0.25) is 0 Å². The Morgan fingerprint density at radius 1 is 0.900 bits per heavy atom. The second kappa shape index (κ2) is 11.7. The van der Waals surface area contributed by atoms with Crippen molar-refractivity contribution in [1.29, 1.82) is 0 Å². The Morgan fingerprint density at radius 2 is 1.55 bits per heavy atom. The van der Waals surface area contributed by atoms with E-state index in [1.54, 1.807) is 59.6 Å². The number of H-pyrrole nitrogens is 1. The number of carbonyl (C=O) groups is 1. The predicted octanol–water partition coefficient (Wildman–Crippen LogP) is 3.78. The number of sulfonamides is 1. The minimum atomic E-state index is -3.82. The first-order chi connectivity index (χ1) is 19.4. The van der Waals surface area contributed by atoms with Crippen molar-refractivity contribution in [2.24, 2.45) is 0 Å². The number of nitrogens with zero attached hydrogens (tertiary/aromatic N) is 4. The van der Waals surface area contributed by atoms with Crippen molar-refractivity contribution in [1.82, 2.24) is 14.9 Å². The molecule has 1 saturated heterocycles. The zero-order chi connectivity index (χ0) is 28.1. The minimum absolute atomic E-state index is 0.115. The number of methoxy groups -OCH3 is 2. The smallest absolute Gasteiger partial charge is 0.264 e. The highest BCUT2D eigenvalue weighted by molar-refractivity contribution is 7.92. The summed E-state index contributed by atoms with van der Waals surface area (Å²) in [6, 6.07) is 21.1. The number of aromatic nitrogens is 2. The number of amides is 1. The molecule has 2 heterocycles. The van der Waals surface area contributed by atoms with E-state index in [-0.39, 0.29) is 17.3 Å². The summed E-state index contributed by atoms with van der Waals surface area (Å²) in [5.74, 6) is 0.824. The van der Waals surface area contributed by atoms with Crippen LogP contribution in [0.3, 0.4) is 0 Å². The average molecular weight is 562 g/mol. The van der Waals surface area contributed by atoms with Crippen LogP contribution >= 0.6 is 0 Å². The molecular weight excluding hydrogens is 530 g/mol. The van der Waals surface area contributed by atoms with Crippen molar-refractivity contribution in [3.63, 3.8) is 0 Å². The number of hydrogen-bond acceptors (Lipinski definition) is 7. The first kappa shape index (κ1) is 27.1. The van der Waals surface area contributed by atoms with Crippen molar-refractivity contribution in [3.8, 4) is 11.5 Å². The maximum absolute atomic E-state index is 13.6. The van der Waals surface area contributed by atoms with Crippen molar-refractivity contribution >= 4 is 27.3 Å². The quantitative estimate of drug-likeness (QED) is 0.331. The Bertz CT molecular complexity index is 1510. The number of ether oxygens (including phenoxy) is 2. The van der Waals surface area contributed by atoms with Gasteiger partial charge in [-0.15, -0.1) is 0 Å². The number of carbonyl (C=O) groups excluding carboxylic acids is 1. The molecule has 1 amide bonds. The van der Waals surface area contributed by atoms with Crippen LogP contribution in [0, 0.1) is 0 Å². The molecule has 10 nitrogen and oxygen atoms in total. The van der Waals surface area contributed by atoms with Gasteiger partial charge in [-0.2, -0.15) is 0 Å². The van der Waals surface area contributed by atoms with Gasteiger partial charge in [0.25, 0.3) is 15.9 Å². The van der Waals surface area contributed by atoms with E-state index in [2.05, 4.69) is 14.9 Å². The number of hydrogen-bond donors (Lipinski definition) is 1. The Morgan fingerprint density at radius 3 is 2.12 bits per heavy atom. The first-order valence-corrected chi connectivity index (χ1v) is 14.3. The Balaban J connectivity index is 1.32. The summed E-state index contributed by atoms with van der Waals surface area (Å²) >= 11 is 0. The van der Waals surface area contributed by atoms with E-state index in [0.29, 0.717) is 54.6 Å². The number of nitrogens with one attached hydrogen (secondary N) is 1. The van der Waals surface area contributed by atoms with Gasteiger partial charge in [-0.1, -0.05) is 24.3 Å². The van der Waals surface area contributed by atoms with E-state index < -0.39 is 10.0 Å². The van der Waals surface area contributed by atoms with Gasteiger partial charge in [-0.05, 0) is 48.5 Å². The summed E-state index contributed by atoms with van der Waals surface area (Å²) in [5.41, 5.74) is 2.59. The first-order valence-electron chi connectivity index (χ1n) is 12.8. The Hall–Kier alpha value is -4.51. The molecule has 1 aliphatic heterocycles. The van der Waals surface area contributed by atoms with Gasteiger partial charge in [0.2, 0.25) is 0 Å². The molecule has 0 unspecified atom stereocenters. The molecule has 0 saturated carbocycles. The van der Waals surface area contributed by atoms with E-state index >= 15 is 0 Å². The summed E-state index contributed by atoms with van der Waals surface area (Å²) in [7, 11) is -0.743. The van der Waals surface area contributed by atoms with Crippen molar-refractivity contribution < 1.29 is 22.7 Å². The number of aromatic amines is 1. The molecule has 40 heavy (non-hydrogen) atoms. The number of piperazine rings is 1. The molecule has 0 aliphatic carbocycles. The zero-order valence-corrected chi connectivity index (χ0v) is 23.2. The SMILES string of the molecule is COc1cccc(OC)c1C(=O)N1CCN(c2ccc(N(Cc3cnc[nH]3)S(=O)(=O)c3ccccc3)cc2)CC1. The van der Waals surface area contributed by atoms with Gasteiger partial charge in [0.05, 0.1) is 43.4 Å². The van der Waals surface area contributed by atoms with Crippen LogP contribution in [0.5, 0.6) is 11.5 Å². The molecule has 1 aliphatic rings. The standard InChI is InChI=1S/C29H31N5O5S/c1-38-26-9-6-10-27(39-2)28(26)29(35)33-17-15-32(16-18-33)23-11-13-24(14-12-23)34(20-22-19-30-21-31-22)40(36,37)25-7-4-3-5-8-25/h3-14,19,21H,15-18,20H2,1-2H3,(H,30,31). The molecule has 0 radical (unpaired) electrons. The maximum Gasteiger partial charge on any atom is 0.264 e. The summed E-state index contributed by atoms with van der Waals surface area (Å²) in [5, 5.41) is 0. The molecule has 11 heteroatoms. The normalized spacial score (nSPS) is 13.7. The highest BCUT2D eigenvalue weighted by atomic mass is 32.2. The van der Waals surface area contributed by atoms with Crippen LogP contribution < -0.4 is 18.7 Å². The lowest BCUT2D eigenvalue weighted by molar-refractivity contribution is 0.0739. The van der Waals surface area contributed by atoms with Crippen molar-refractivity contribution in [2.75, 3.05) is 49.6 Å². The molecular formula is C29H31N5O5S. The monoisotopic (exact) mass is 561 g/mol. The van der Waals surface area contributed by atoms with Crippen LogP contribution in [0.25, 0.3) is 0 Å². The minimum Gasteiger partial charge on any atom is -0.496 e. The van der Waals surface area contributed by atoms with Gasteiger partial charge in [0, 0.05) is 38.1 Å². The highest BCUT2D eigenvalue weighted by Crippen LogP contribution is 2.31. The Kier molecular flexibility index (Phi) is 7.92. The van der Waals surface area contributed by atoms with Crippen molar-refractivity contribution in [3.05, 3.63) is 96.6 Å². The molecule has 0 atom stereocenters. The molecule has 208 valence electrons. The molecule has 1 fully saturated rings. The van der Waals surface area contributed by atoms with E-state index in [4.69, 9.17) is 9.47 Å².